The number of rotatable bonds is 9. The topological polar surface area (TPSA) is 99.3 Å². The highest BCUT2D eigenvalue weighted by molar-refractivity contribution is 7.99. The second-order valence-corrected chi connectivity index (χ2v) is 12.2. The molecule has 38 heavy (non-hydrogen) atoms. The van der Waals surface area contributed by atoms with Crippen molar-refractivity contribution in [2.75, 3.05) is 38.6 Å². The van der Waals surface area contributed by atoms with E-state index in [1.54, 1.807) is 11.8 Å². The first-order chi connectivity index (χ1) is 18.7. The molecule has 3 aliphatic rings. The van der Waals surface area contributed by atoms with Crippen molar-refractivity contribution in [3.63, 3.8) is 0 Å². The van der Waals surface area contributed by atoms with E-state index < -0.39 is 0 Å². The average molecular weight is 547 g/mol. The molecule has 0 saturated heterocycles. The fraction of sp³-hybridized carbons (Fsp3) is 0.793. The summed E-state index contributed by atoms with van der Waals surface area (Å²) in [7, 11) is 0. The lowest BCUT2D eigenvalue weighted by Gasteiger charge is -2.34. The zero-order valence-electron chi connectivity index (χ0n) is 23.4. The van der Waals surface area contributed by atoms with E-state index in [0.717, 1.165) is 56.3 Å². The van der Waals surface area contributed by atoms with Gasteiger partial charge in [-0.2, -0.15) is 0 Å². The van der Waals surface area contributed by atoms with Crippen LogP contribution in [0.3, 0.4) is 0 Å². The fourth-order valence-corrected chi connectivity index (χ4v) is 6.85. The monoisotopic (exact) mass is 546 g/mol. The zero-order valence-corrected chi connectivity index (χ0v) is 24.2. The van der Waals surface area contributed by atoms with Crippen molar-refractivity contribution in [1.82, 2.24) is 31.6 Å². The predicted molar refractivity (Wildman–Crippen MR) is 155 cm³/mol. The highest BCUT2D eigenvalue weighted by Crippen LogP contribution is 2.23. The second kappa shape index (κ2) is 16.8. The number of carbonyl (C=O) groups excluding carboxylic acids is 1. The van der Waals surface area contributed by atoms with Crippen LogP contribution in [0.5, 0.6) is 0 Å². The summed E-state index contributed by atoms with van der Waals surface area (Å²) in [4.78, 5) is 18.4. The summed E-state index contributed by atoms with van der Waals surface area (Å²) in [5.41, 5.74) is 2.22. The van der Waals surface area contributed by atoms with Gasteiger partial charge in [-0.15, -0.1) is 11.8 Å². The SMILES string of the molecule is CCCOCCC(=O)NCCSc1cc2nc(c1)CN[C@@H]1CCCC[C@H]1NCCN[C@@H]1CCCC[C@H]1NC2. The van der Waals surface area contributed by atoms with E-state index in [9.17, 15) is 4.79 Å². The molecule has 2 saturated carbocycles. The molecule has 1 aliphatic heterocycles. The summed E-state index contributed by atoms with van der Waals surface area (Å²) in [6.45, 7) is 7.60. The number of ether oxygens (including phenoxy) is 1. The number of thioether (sulfide) groups is 1. The number of pyridine rings is 1. The highest BCUT2D eigenvalue weighted by atomic mass is 32.2. The smallest absolute Gasteiger partial charge is 0.222 e. The minimum Gasteiger partial charge on any atom is -0.381 e. The van der Waals surface area contributed by atoms with E-state index >= 15 is 0 Å². The van der Waals surface area contributed by atoms with Crippen molar-refractivity contribution in [1.29, 1.82) is 0 Å². The van der Waals surface area contributed by atoms with Gasteiger partial charge in [0, 0.05) is 80.6 Å². The molecule has 4 rings (SSSR count). The average Bonchev–Trinajstić information content (AvgIpc) is 2.94. The molecule has 9 heteroatoms. The molecular formula is C29H50N6O2S. The normalized spacial score (nSPS) is 26.9. The summed E-state index contributed by atoms with van der Waals surface area (Å²) in [5, 5.41) is 18.4. The van der Waals surface area contributed by atoms with Crippen LogP contribution in [0.15, 0.2) is 17.0 Å². The number of aromatic nitrogens is 1. The van der Waals surface area contributed by atoms with Gasteiger partial charge in [-0.05, 0) is 44.2 Å². The Bertz CT molecular complexity index is 795. The molecule has 0 radical (unpaired) electrons. The number of amides is 1. The van der Waals surface area contributed by atoms with Gasteiger partial charge in [0.1, 0.15) is 0 Å². The van der Waals surface area contributed by atoms with E-state index in [4.69, 9.17) is 9.72 Å². The number of fused-ring (bicyclic) bond motifs is 4. The Morgan fingerprint density at radius 3 is 2.00 bits per heavy atom. The molecule has 0 aromatic carbocycles. The Hall–Kier alpha value is -1.23. The standard InChI is InChI=1S/C29H50N6O2S/c1-2-15-37-16-11-29(36)32-14-17-38-24-18-22-20-33-27-9-5-3-7-25(27)30-12-13-31-26-8-4-6-10-28(26)34-21-23(19-24)35-22/h18-19,25-28,30-31,33-34H,2-17,20-21H2,1H3,(H,32,36)/t25-,26-,27-,28-/m1/s1. The quantitative estimate of drug-likeness (QED) is 0.238. The molecular weight excluding hydrogens is 496 g/mol. The first kappa shape index (κ1) is 29.7. The molecule has 2 bridgehead atoms. The van der Waals surface area contributed by atoms with Crippen LogP contribution in [-0.4, -0.2) is 73.7 Å². The first-order valence-electron chi connectivity index (χ1n) is 15.1. The lowest BCUT2D eigenvalue weighted by Crippen LogP contribution is -2.53. The van der Waals surface area contributed by atoms with Gasteiger partial charge in [0.2, 0.25) is 5.91 Å². The predicted octanol–water partition coefficient (Wildman–Crippen LogP) is 3.10. The molecule has 2 fully saturated rings. The zero-order chi connectivity index (χ0) is 26.4. The molecule has 0 unspecified atom stereocenters. The maximum absolute atomic E-state index is 12.1. The van der Waals surface area contributed by atoms with Crippen LogP contribution in [0.4, 0.5) is 0 Å². The van der Waals surface area contributed by atoms with Crippen LogP contribution >= 0.6 is 11.8 Å². The molecule has 8 nitrogen and oxygen atoms in total. The van der Waals surface area contributed by atoms with E-state index in [2.05, 4.69) is 45.6 Å². The van der Waals surface area contributed by atoms with Gasteiger partial charge < -0.3 is 31.3 Å². The maximum Gasteiger partial charge on any atom is 0.222 e. The van der Waals surface area contributed by atoms with Crippen molar-refractivity contribution in [3.05, 3.63) is 23.5 Å². The molecule has 4 atom stereocenters. The Kier molecular flexibility index (Phi) is 13.1. The minimum absolute atomic E-state index is 0.0647. The van der Waals surface area contributed by atoms with Gasteiger partial charge in [-0.3, -0.25) is 9.78 Å². The third-order valence-electron chi connectivity index (χ3n) is 7.98. The Labute approximate surface area is 234 Å². The van der Waals surface area contributed by atoms with Crippen molar-refractivity contribution < 1.29 is 9.53 Å². The molecule has 1 aromatic heterocycles. The van der Waals surface area contributed by atoms with Crippen LogP contribution in [0.25, 0.3) is 0 Å². The van der Waals surface area contributed by atoms with Crippen LogP contribution in [0.1, 0.15) is 82.5 Å². The van der Waals surface area contributed by atoms with Crippen molar-refractivity contribution in [2.24, 2.45) is 0 Å². The van der Waals surface area contributed by atoms with Crippen molar-refractivity contribution in [2.45, 2.75) is 113 Å². The minimum atomic E-state index is 0.0647. The Balaban J connectivity index is 1.37. The second-order valence-electron chi connectivity index (χ2n) is 11.0. The summed E-state index contributed by atoms with van der Waals surface area (Å²) < 4.78 is 5.43. The van der Waals surface area contributed by atoms with Crippen LogP contribution < -0.4 is 26.6 Å². The molecule has 214 valence electrons. The summed E-state index contributed by atoms with van der Waals surface area (Å²) in [6.07, 6.45) is 11.6. The summed E-state index contributed by atoms with van der Waals surface area (Å²) in [5.74, 6) is 0.906. The molecule has 5 N–H and O–H groups in total. The van der Waals surface area contributed by atoms with Gasteiger partial charge in [0.25, 0.3) is 0 Å². The lowest BCUT2D eigenvalue weighted by atomic mass is 9.89. The lowest BCUT2D eigenvalue weighted by molar-refractivity contribution is -0.122. The maximum atomic E-state index is 12.1. The number of carbonyl (C=O) groups is 1. The summed E-state index contributed by atoms with van der Waals surface area (Å²) >= 11 is 1.80. The third-order valence-corrected chi connectivity index (χ3v) is 8.96. The Morgan fingerprint density at radius 1 is 0.895 bits per heavy atom. The van der Waals surface area contributed by atoms with Gasteiger partial charge in [0.05, 0.1) is 18.0 Å². The number of hydrogen-bond acceptors (Lipinski definition) is 8. The number of hydrogen-bond donors (Lipinski definition) is 5. The van der Waals surface area contributed by atoms with E-state index in [1.165, 1.54) is 56.3 Å². The van der Waals surface area contributed by atoms with E-state index in [0.29, 0.717) is 43.7 Å². The van der Waals surface area contributed by atoms with Gasteiger partial charge >= 0.3 is 0 Å². The Morgan fingerprint density at radius 2 is 1.45 bits per heavy atom. The summed E-state index contributed by atoms with van der Waals surface area (Å²) in [6, 6.07) is 6.51. The van der Waals surface area contributed by atoms with Gasteiger partial charge in [-0.1, -0.05) is 32.6 Å². The number of nitrogens with one attached hydrogen (secondary N) is 5. The van der Waals surface area contributed by atoms with Crippen LogP contribution in [-0.2, 0) is 22.6 Å². The van der Waals surface area contributed by atoms with Crippen molar-refractivity contribution in [3.8, 4) is 0 Å². The van der Waals surface area contributed by atoms with Crippen molar-refractivity contribution >= 4 is 17.7 Å². The van der Waals surface area contributed by atoms with Gasteiger partial charge in [-0.25, -0.2) is 0 Å². The van der Waals surface area contributed by atoms with Crippen LogP contribution in [0.2, 0.25) is 0 Å². The molecule has 1 aromatic rings. The fourth-order valence-electron chi connectivity index (χ4n) is 5.97. The first-order valence-corrected chi connectivity index (χ1v) is 16.1. The number of nitrogens with zero attached hydrogens (tertiary/aromatic N) is 1. The third kappa shape index (κ3) is 10.1. The molecule has 0 spiro atoms. The highest BCUT2D eigenvalue weighted by Gasteiger charge is 2.27. The molecule has 2 aliphatic carbocycles. The largest absolute Gasteiger partial charge is 0.381 e. The van der Waals surface area contributed by atoms with E-state index in [-0.39, 0.29) is 5.91 Å². The van der Waals surface area contributed by atoms with Crippen LogP contribution in [0, 0.1) is 0 Å². The molecule has 1 amide bonds. The molecule has 2 heterocycles. The van der Waals surface area contributed by atoms with E-state index in [1.807, 2.05) is 0 Å². The van der Waals surface area contributed by atoms with Gasteiger partial charge in [0.15, 0.2) is 0 Å².